The minimum atomic E-state index is 0.597. The van der Waals surface area contributed by atoms with E-state index in [1.54, 1.807) is 0 Å². The number of hydrogen-bond donors (Lipinski definition) is 1. The summed E-state index contributed by atoms with van der Waals surface area (Å²) in [6, 6.07) is 10.1. The molecule has 2 rings (SSSR count). The minimum Gasteiger partial charge on any atom is -0.478 e. The number of rotatable bonds is 5. The molecule has 0 bridgehead atoms. The molecule has 0 spiro atoms. The molecule has 0 unspecified atom stereocenters. The van der Waals surface area contributed by atoms with Gasteiger partial charge >= 0.3 is 0 Å². The second-order valence-electron chi connectivity index (χ2n) is 3.95. The van der Waals surface area contributed by atoms with Crippen molar-refractivity contribution >= 4 is 5.82 Å². The fourth-order valence-corrected chi connectivity index (χ4v) is 1.66. The zero-order valence-corrected chi connectivity index (χ0v) is 10.7. The van der Waals surface area contributed by atoms with E-state index in [9.17, 15) is 0 Å². The summed E-state index contributed by atoms with van der Waals surface area (Å²) in [4.78, 5) is 8.19. The number of aryl methyl sites for hydroxylation is 1. The molecule has 0 amide bonds. The van der Waals surface area contributed by atoms with Crippen molar-refractivity contribution < 1.29 is 4.74 Å². The average molecular weight is 243 g/mol. The van der Waals surface area contributed by atoms with Crippen LogP contribution in [0.1, 0.15) is 18.1 Å². The van der Waals surface area contributed by atoms with E-state index < -0.39 is 0 Å². The standard InChI is InChI=1S/C14H17N3O/c1-3-18-14-8-13(16-10-17-14)15-9-12-7-5-4-6-11(12)2/h4-8,10H,3,9H2,1-2H3,(H,15,16,17). The van der Waals surface area contributed by atoms with Crippen LogP contribution in [-0.4, -0.2) is 16.6 Å². The summed E-state index contributed by atoms with van der Waals surface area (Å²) in [6.07, 6.45) is 1.51. The predicted octanol–water partition coefficient (Wildman–Crippen LogP) is 2.80. The molecule has 1 aromatic heterocycles. The highest BCUT2D eigenvalue weighted by atomic mass is 16.5. The van der Waals surface area contributed by atoms with Crippen LogP contribution in [0, 0.1) is 6.92 Å². The van der Waals surface area contributed by atoms with Crippen molar-refractivity contribution in [3.05, 3.63) is 47.8 Å². The maximum atomic E-state index is 5.33. The molecule has 1 aromatic carbocycles. The molecule has 1 heterocycles. The Bertz CT molecular complexity index is 514. The summed E-state index contributed by atoms with van der Waals surface area (Å²) >= 11 is 0. The van der Waals surface area contributed by atoms with Crippen molar-refractivity contribution in [1.29, 1.82) is 0 Å². The Labute approximate surface area is 107 Å². The third-order valence-electron chi connectivity index (χ3n) is 2.66. The topological polar surface area (TPSA) is 47.0 Å². The van der Waals surface area contributed by atoms with Gasteiger partial charge in [0.2, 0.25) is 5.88 Å². The van der Waals surface area contributed by atoms with Gasteiger partial charge in [-0.15, -0.1) is 0 Å². The first-order valence-corrected chi connectivity index (χ1v) is 6.03. The maximum absolute atomic E-state index is 5.33. The molecule has 0 saturated heterocycles. The van der Waals surface area contributed by atoms with Crippen molar-refractivity contribution in [2.75, 3.05) is 11.9 Å². The van der Waals surface area contributed by atoms with E-state index in [0.717, 1.165) is 12.4 Å². The molecule has 0 aliphatic heterocycles. The van der Waals surface area contributed by atoms with Gasteiger partial charge in [-0.2, -0.15) is 0 Å². The number of aromatic nitrogens is 2. The third-order valence-corrected chi connectivity index (χ3v) is 2.66. The highest BCUT2D eigenvalue weighted by Crippen LogP contribution is 2.13. The van der Waals surface area contributed by atoms with Crippen LogP contribution in [0.25, 0.3) is 0 Å². The van der Waals surface area contributed by atoms with Gasteiger partial charge in [-0.25, -0.2) is 9.97 Å². The fraction of sp³-hybridized carbons (Fsp3) is 0.286. The van der Waals surface area contributed by atoms with Crippen molar-refractivity contribution in [3.63, 3.8) is 0 Å². The molecule has 4 nitrogen and oxygen atoms in total. The third kappa shape index (κ3) is 3.20. The number of benzene rings is 1. The van der Waals surface area contributed by atoms with Crippen LogP contribution in [0.2, 0.25) is 0 Å². The van der Waals surface area contributed by atoms with Crippen LogP contribution in [-0.2, 0) is 6.54 Å². The highest BCUT2D eigenvalue weighted by Gasteiger charge is 2.00. The molecule has 0 saturated carbocycles. The summed E-state index contributed by atoms with van der Waals surface area (Å²) in [5, 5.41) is 3.27. The van der Waals surface area contributed by atoms with Gasteiger partial charge in [0, 0.05) is 12.6 Å². The Morgan fingerprint density at radius 3 is 2.83 bits per heavy atom. The molecule has 1 N–H and O–H groups in total. The predicted molar refractivity (Wildman–Crippen MR) is 71.7 cm³/mol. The minimum absolute atomic E-state index is 0.597. The Hall–Kier alpha value is -2.10. The highest BCUT2D eigenvalue weighted by molar-refractivity contribution is 5.39. The Morgan fingerprint density at radius 1 is 1.22 bits per heavy atom. The van der Waals surface area contributed by atoms with Gasteiger partial charge in [0.15, 0.2) is 0 Å². The van der Waals surface area contributed by atoms with Crippen LogP contribution in [0.4, 0.5) is 5.82 Å². The quantitative estimate of drug-likeness (QED) is 0.877. The summed E-state index contributed by atoms with van der Waals surface area (Å²) < 4.78 is 5.33. The van der Waals surface area contributed by atoms with Crippen LogP contribution in [0.15, 0.2) is 36.7 Å². The molecule has 0 radical (unpaired) electrons. The van der Waals surface area contributed by atoms with E-state index in [1.165, 1.54) is 17.5 Å². The van der Waals surface area contributed by atoms with Crippen molar-refractivity contribution in [3.8, 4) is 5.88 Å². The zero-order chi connectivity index (χ0) is 12.8. The molecule has 4 heteroatoms. The van der Waals surface area contributed by atoms with E-state index in [0.29, 0.717) is 12.5 Å². The van der Waals surface area contributed by atoms with Crippen LogP contribution >= 0.6 is 0 Å². The number of nitrogens with one attached hydrogen (secondary N) is 1. The first-order valence-electron chi connectivity index (χ1n) is 6.03. The lowest BCUT2D eigenvalue weighted by atomic mass is 10.1. The van der Waals surface area contributed by atoms with Crippen molar-refractivity contribution in [2.45, 2.75) is 20.4 Å². The number of ether oxygens (including phenoxy) is 1. The van der Waals surface area contributed by atoms with E-state index >= 15 is 0 Å². The van der Waals surface area contributed by atoms with E-state index in [-0.39, 0.29) is 0 Å². The van der Waals surface area contributed by atoms with Gasteiger partial charge in [0.05, 0.1) is 6.61 Å². The maximum Gasteiger partial charge on any atom is 0.218 e. The van der Waals surface area contributed by atoms with Crippen LogP contribution in [0.3, 0.4) is 0 Å². The van der Waals surface area contributed by atoms with Gasteiger partial charge in [-0.05, 0) is 25.0 Å². The largest absolute Gasteiger partial charge is 0.478 e. The molecule has 0 atom stereocenters. The molecule has 0 aliphatic carbocycles. The number of hydrogen-bond acceptors (Lipinski definition) is 4. The molecule has 18 heavy (non-hydrogen) atoms. The lowest BCUT2D eigenvalue weighted by Crippen LogP contribution is -2.04. The van der Waals surface area contributed by atoms with Gasteiger partial charge in [0.1, 0.15) is 12.1 Å². The lowest BCUT2D eigenvalue weighted by molar-refractivity contribution is 0.326. The number of nitrogens with zero attached hydrogens (tertiary/aromatic N) is 2. The Morgan fingerprint density at radius 2 is 2.06 bits per heavy atom. The van der Waals surface area contributed by atoms with E-state index in [1.807, 2.05) is 25.1 Å². The monoisotopic (exact) mass is 243 g/mol. The first kappa shape index (κ1) is 12.4. The smallest absolute Gasteiger partial charge is 0.218 e. The molecular weight excluding hydrogens is 226 g/mol. The Balaban J connectivity index is 2.02. The van der Waals surface area contributed by atoms with Gasteiger partial charge in [-0.3, -0.25) is 0 Å². The first-order chi connectivity index (χ1) is 8.79. The Kier molecular flexibility index (Phi) is 4.12. The summed E-state index contributed by atoms with van der Waals surface area (Å²) in [6.45, 7) is 5.38. The molecule has 94 valence electrons. The van der Waals surface area contributed by atoms with Crippen LogP contribution in [0.5, 0.6) is 5.88 Å². The average Bonchev–Trinajstić information content (AvgIpc) is 2.39. The molecule has 2 aromatic rings. The van der Waals surface area contributed by atoms with Gasteiger partial charge in [-0.1, -0.05) is 24.3 Å². The SMILES string of the molecule is CCOc1cc(NCc2ccccc2C)ncn1. The fourth-order valence-electron chi connectivity index (χ4n) is 1.66. The zero-order valence-electron chi connectivity index (χ0n) is 10.7. The second-order valence-corrected chi connectivity index (χ2v) is 3.95. The molecule has 0 aliphatic rings. The lowest BCUT2D eigenvalue weighted by Gasteiger charge is -2.09. The number of anilines is 1. The van der Waals surface area contributed by atoms with Crippen LogP contribution < -0.4 is 10.1 Å². The van der Waals surface area contributed by atoms with E-state index in [4.69, 9.17) is 4.74 Å². The van der Waals surface area contributed by atoms with Gasteiger partial charge in [0.25, 0.3) is 0 Å². The summed E-state index contributed by atoms with van der Waals surface area (Å²) in [7, 11) is 0. The summed E-state index contributed by atoms with van der Waals surface area (Å²) in [5.74, 6) is 1.37. The van der Waals surface area contributed by atoms with Gasteiger partial charge < -0.3 is 10.1 Å². The molecular formula is C14H17N3O. The second kappa shape index (κ2) is 6.00. The van der Waals surface area contributed by atoms with Crippen molar-refractivity contribution in [1.82, 2.24) is 9.97 Å². The van der Waals surface area contributed by atoms with E-state index in [2.05, 4.69) is 34.3 Å². The van der Waals surface area contributed by atoms with Crippen molar-refractivity contribution in [2.24, 2.45) is 0 Å². The summed E-state index contributed by atoms with van der Waals surface area (Å²) in [5.41, 5.74) is 2.53. The normalized spacial score (nSPS) is 10.1. The molecule has 0 fully saturated rings.